The minimum absolute atomic E-state index is 0.0721. The number of aryl methyl sites for hydroxylation is 1. The zero-order chi connectivity index (χ0) is 16.4. The monoisotopic (exact) mass is 310 g/mol. The summed E-state index contributed by atoms with van der Waals surface area (Å²) in [7, 11) is 2.05. The Labute approximate surface area is 135 Å². The molecule has 0 spiro atoms. The Kier molecular flexibility index (Phi) is 4.19. The average Bonchev–Trinajstić information content (AvgIpc) is 3.14. The molecular weight excluding hydrogens is 288 g/mol. The largest absolute Gasteiger partial charge is 0.352 e. The van der Waals surface area contributed by atoms with E-state index in [0.29, 0.717) is 12.1 Å². The summed E-state index contributed by atoms with van der Waals surface area (Å²) in [6.45, 7) is 4.68. The number of nitrogens with one attached hydrogen (secondary N) is 1. The van der Waals surface area contributed by atoms with Crippen molar-refractivity contribution >= 4 is 16.8 Å². The lowest BCUT2D eigenvalue weighted by atomic mass is 10.1. The predicted molar refractivity (Wildman–Crippen MR) is 91.6 cm³/mol. The molecule has 0 aliphatic rings. The van der Waals surface area contributed by atoms with Gasteiger partial charge in [0.2, 0.25) is 0 Å². The quantitative estimate of drug-likeness (QED) is 0.788. The first-order valence-corrected chi connectivity index (χ1v) is 7.91. The van der Waals surface area contributed by atoms with Gasteiger partial charge in [0.15, 0.2) is 0 Å². The van der Waals surface area contributed by atoms with Gasteiger partial charge < -0.3 is 9.88 Å². The van der Waals surface area contributed by atoms with Crippen molar-refractivity contribution < 1.29 is 4.79 Å². The van der Waals surface area contributed by atoms with Crippen LogP contribution in [0, 0.1) is 0 Å². The van der Waals surface area contributed by atoms with E-state index >= 15 is 0 Å². The van der Waals surface area contributed by atoms with Crippen LogP contribution in [0.2, 0.25) is 0 Å². The first-order valence-electron chi connectivity index (χ1n) is 7.91. The molecule has 0 radical (unpaired) electrons. The summed E-state index contributed by atoms with van der Waals surface area (Å²) in [6, 6.07) is 8.58. The SMILES string of the molecule is CC(C)n1cc(C(=O)NCCc2cn(C)c3ccccc23)cn1. The summed E-state index contributed by atoms with van der Waals surface area (Å²) in [5.74, 6) is -0.0721. The molecular formula is C18H22N4O. The summed E-state index contributed by atoms with van der Waals surface area (Å²) in [5, 5.41) is 8.42. The highest BCUT2D eigenvalue weighted by atomic mass is 16.1. The van der Waals surface area contributed by atoms with Crippen molar-refractivity contribution in [3.05, 3.63) is 54.0 Å². The molecule has 3 rings (SSSR count). The van der Waals surface area contributed by atoms with E-state index in [1.807, 2.05) is 33.0 Å². The third kappa shape index (κ3) is 3.13. The molecule has 0 unspecified atom stereocenters. The van der Waals surface area contributed by atoms with E-state index in [1.54, 1.807) is 17.1 Å². The molecule has 1 amide bonds. The van der Waals surface area contributed by atoms with Crippen molar-refractivity contribution in [2.24, 2.45) is 7.05 Å². The maximum atomic E-state index is 12.2. The molecule has 2 heterocycles. The van der Waals surface area contributed by atoms with Crippen LogP contribution < -0.4 is 5.32 Å². The van der Waals surface area contributed by atoms with Gasteiger partial charge in [-0.25, -0.2) is 0 Å². The van der Waals surface area contributed by atoms with Crippen molar-refractivity contribution in [3.63, 3.8) is 0 Å². The third-order valence-corrected chi connectivity index (χ3v) is 4.05. The molecule has 5 nitrogen and oxygen atoms in total. The van der Waals surface area contributed by atoms with Gasteiger partial charge in [0.25, 0.3) is 5.91 Å². The number of fused-ring (bicyclic) bond motifs is 1. The van der Waals surface area contributed by atoms with Crippen molar-refractivity contribution in [3.8, 4) is 0 Å². The number of hydrogen-bond acceptors (Lipinski definition) is 2. The fourth-order valence-corrected chi connectivity index (χ4v) is 2.78. The van der Waals surface area contributed by atoms with Crippen LogP contribution in [0.4, 0.5) is 0 Å². The fourth-order valence-electron chi connectivity index (χ4n) is 2.78. The number of carbonyl (C=O) groups is 1. The number of carbonyl (C=O) groups excluding carboxylic acids is 1. The van der Waals surface area contributed by atoms with Gasteiger partial charge in [0, 0.05) is 42.9 Å². The van der Waals surface area contributed by atoms with Crippen LogP contribution in [0.25, 0.3) is 10.9 Å². The highest BCUT2D eigenvalue weighted by molar-refractivity contribution is 5.93. The van der Waals surface area contributed by atoms with Crippen LogP contribution in [0.1, 0.15) is 35.8 Å². The minimum Gasteiger partial charge on any atom is -0.352 e. The molecule has 0 aliphatic heterocycles. The molecule has 0 bridgehead atoms. The van der Waals surface area contributed by atoms with Gasteiger partial charge >= 0.3 is 0 Å². The van der Waals surface area contributed by atoms with Gasteiger partial charge in [-0.05, 0) is 31.9 Å². The lowest BCUT2D eigenvalue weighted by Crippen LogP contribution is -2.25. The molecule has 0 saturated carbocycles. The summed E-state index contributed by atoms with van der Waals surface area (Å²) in [4.78, 5) is 12.2. The Morgan fingerprint density at radius 2 is 2.04 bits per heavy atom. The summed E-state index contributed by atoms with van der Waals surface area (Å²) in [5.41, 5.74) is 3.07. The summed E-state index contributed by atoms with van der Waals surface area (Å²) >= 11 is 0. The molecule has 1 N–H and O–H groups in total. The van der Waals surface area contributed by atoms with E-state index in [4.69, 9.17) is 0 Å². The lowest BCUT2D eigenvalue weighted by Gasteiger charge is -2.04. The van der Waals surface area contributed by atoms with E-state index < -0.39 is 0 Å². The van der Waals surface area contributed by atoms with Gasteiger partial charge in [-0.1, -0.05) is 18.2 Å². The fraction of sp³-hybridized carbons (Fsp3) is 0.333. The second-order valence-corrected chi connectivity index (χ2v) is 6.09. The van der Waals surface area contributed by atoms with E-state index in [0.717, 1.165) is 6.42 Å². The molecule has 120 valence electrons. The Morgan fingerprint density at radius 1 is 1.26 bits per heavy atom. The average molecular weight is 310 g/mol. The smallest absolute Gasteiger partial charge is 0.254 e. The highest BCUT2D eigenvalue weighted by Gasteiger charge is 2.10. The Hall–Kier alpha value is -2.56. The molecule has 0 fully saturated rings. The lowest BCUT2D eigenvalue weighted by molar-refractivity contribution is 0.0954. The van der Waals surface area contributed by atoms with E-state index in [9.17, 15) is 4.79 Å². The topological polar surface area (TPSA) is 51.9 Å². The third-order valence-electron chi connectivity index (χ3n) is 4.05. The number of nitrogens with zero attached hydrogens (tertiary/aromatic N) is 3. The molecule has 23 heavy (non-hydrogen) atoms. The van der Waals surface area contributed by atoms with Crippen molar-refractivity contribution in [1.29, 1.82) is 0 Å². The Bertz CT molecular complexity index is 829. The van der Waals surface area contributed by atoms with Crippen LogP contribution in [0.5, 0.6) is 0 Å². The number of amides is 1. The van der Waals surface area contributed by atoms with Crippen molar-refractivity contribution in [2.45, 2.75) is 26.3 Å². The Morgan fingerprint density at radius 3 is 2.78 bits per heavy atom. The molecule has 1 aromatic carbocycles. The number of hydrogen-bond donors (Lipinski definition) is 1. The van der Waals surface area contributed by atoms with Crippen molar-refractivity contribution in [2.75, 3.05) is 6.54 Å². The highest BCUT2D eigenvalue weighted by Crippen LogP contribution is 2.20. The first kappa shape index (κ1) is 15.3. The van der Waals surface area contributed by atoms with E-state index in [1.165, 1.54) is 16.5 Å². The Balaban J connectivity index is 1.63. The number of para-hydroxylation sites is 1. The number of rotatable bonds is 5. The maximum absolute atomic E-state index is 12.2. The zero-order valence-corrected chi connectivity index (χ0v) is 13.8. The summed E-state index contributed by atoms with van der Waals surface area (Å²) < 4.78 is 3.92. The van der Waals surface area contributed by atoms with Gasteiger partial charge in [0.1, 0.15) is 0 Å². The molecule has 2 aromatic heterocycles. The van der Waals surface area contributed by atoms with Gasteiger partial charge in [-0.15, -0.1) is 0 Å². The molecule has 5 heteroatoms. The number of benzene rings is 1. The van der Waals surface area contributed by atoms with E-state index in [-0.39, 0.29) is 11.9 Å². The second kappa shape index (κ2) is 6.28. The first-order chi connectivity index (χ1) is 11.1. The maximum Gasteiger partial charge on any atom is 0.254 e. The van der Waals surface area contributed by atoms with Crippen LogP contribution in [-0.2, 0) is 13.5 Å². The molecule has 3 aromatic rings. The standard InChI is InChI=1S/C18H22N4O/c1-13(2)22-12-15(10-20-22)18(23)19-9-8-14-11-21(3)17-7-5-4-6-16(14)17/h4-7,10-13H,8-9H2,1-3H3,(H,19,23). The number of aromatic nitrogens is 3. The van der Waals surface area contributed by atoms with Crippen LogP contribution >= 0.6 is 0 Å². The molecule has 0 atom stereocenters. The molecule has 0 aliphatic carbocycles. The second-order valence-electron chi connectivity index (χ2n) is 6.09. The predicted octanol–water partition coefficient (Wildman–Crippen LogP) is 2.93. The van der Waals surface area contributed by atoms with Gasteiger partial charge in [-0.2, -0.15) is 5.10 Å². The normalized spacial score (nSPS) is 11.3. The van der Waals surface area contributed by atoms with Gasteiger partial charge in [-0.3, -0.25) is 9.48 Å². The molecule has 0 saturated heterocycles. The van der Waals surface area contributed by atoms with E-state index in [2.05, 4.69) is 33.3 Å². The van der Waals surface area contributed by atoms with Crippen LogP contribution in [-0.4, -0.2) is 26.8 Å². The summed E-state index contributed by atoms with van der Waals surface area (Å²) in [6.07, 6.45) is 6.35. The minimum atomic E-state index is -0.0721. The zero-order valence-electron chi connectivity index (χ0n) is 13.8. The van der Waals surface area contributed by atoms with Crippen LogP contribution in [0.15, 0.2) is 42.9 Å². The van der Waals surface area contributed by atoms with Crippen LogP contribution in [0.3, 0.4) is 0 Å². The van der Waals surface area contributed by atoms with Gasteiger partial charge in [0.05, 0.1) is 11.8 Å². The van der Waals surface area contributed by atoms with Crippen molar-refractivity contribution in [1.82, 2.24) is 19.7 Å².